The number of benzene rings is 1. The van der Waals surface area contributed by atoms with Crippen LogP contribution in [0, 0.1) is 13.8 Å². The minimum Gasteiger partial charge on any atom is -0.352 e. The number of amides is 2. The fourth-order valence-electron chi connectivity index (χ4n) is 2.45. The molecule has 1 saturated heterocycles. The first kappa shape index (κ1) is 15.9. The Balaban J connectivity index is 1.96. The quantitative estimate of drug-likeness (QED) is 0.750. The smallest absolute Gasteiger partial charge is 0.298 e. The number of nitrogens with zero attached hydrogens (tertiary/aromatic N) is 2. The lowest BCUT2D eigenvalue weighted by atomic mass is 10.2. The second kappa shape index (κ2) is 5.91. The summed E-state index contributed by atoms with van der Waals surface area (Å²) in [4.78, 5) is 26.4. The lowest BCUT2D eigenvalue weighted by Gasteiger charge is -2.12. The van der Waals surface area contributed by atoms with Crippen LogP contribution in [0.2, 0.25) is 5.02 Å². The normalized spacial score (nSPS) is 16.7. The van der Waals surface area contributed by atoms with Crippen LogP contribution in [0.5, 0.6) is 0 Å². The third kappa shape index (κ3) is 2.82. The number of anilines is 1. The van der Waals surface area contributed by atoms with E-state index in [9.17, 15) is 9.59 Å². The van der Waals surface area contributed by atoms with Gasteiger partial charge in [0.25, 0.3) is 11.1 Å². The highest BCUT2D eigenvalue weighted by Crippen LogP contribution is 2.36. The van der Waals surface area contributed by atoms with Gasteiger partial charge in [-0.3, -0.25) is 9.59 Å². The zero-order valence-corrected chi connectivity index (χ0v) is 14.5. The standard InChI is InChI=1S/C17H15ClN2O2S/c1-10-8-12(11(2)19(10)3)9-15-16(21)20(17(22)23-15)14-6-4-13(18)5-7-14/h4-9H,1-3H3/b15-9-. The Hall–Kier alpha value is -1.98. The van der Waals surface area contributed by atoms with Gasteiger partial charge in [0, 0.05) is 23.5 Å². The summed E-state index contributed by atoms with van der Waals surface area (Å²) in [5.74, 6) is -0.303. The summed E-state index contributed by atoms with van der Waals surface area (Å²) in [5, 5.41) is 0.264. The van der Waals surface area contributed by atoms with Crippen molar-refractivity contribution in [2.24, 2.45) is 7.05 Å². The first-order valence-electron chi connectivity index (χ1n) is 7.05. The molecule has 0 unspecified atom stereocenters. The fraction of sp³-hybridized carbons (Fsp3) is 0.176. The number of aryl methyl sites for hydroxylation is 1. The van der Waals surface area contributed by atoms with Crippen LogP contribution in [-0.4, -0.2) is 15.7 Å². The highest BCUT2D eigenvalue weighted by atomic mass is 35.5. The van der Waals surface area contributed by atoms with Crippen molar-refractivity contribution in [3.63, 3.8) is 0 Å². The molecule has 0 bridgehead atoms. The molecular weight excluding hydrogens is 332 g/mol. The maximum Gasteiger partial charge on any atom is 0.298 e. The highest BCUT2D eigenvalue weighted by molar-refractivity contribution is 8.19. The van der Waals surface area contributed by atoms with Gasteiger partial charge in [0.05, 0.1) is 10.6 Å². The van der Waals surface area contributed by atoms with Crippen molar-refractivity contribution in [1.29, 1.82) is 0 Å². The fourth-order valence-corrected chi connectivity index (χ4v) is 3.41. The monoisotopic (exact) mass is 346 g/mol. The molecule has 1 fully saturated rings. The summed E-state index contributed by atoms with van der Waals surface area (Å²) in [5.41, 5.74) is 3.64. The first-order valence-corrected chi connectivity index (χ1v) is 8.24. The van der Waals surface area contributed by atoms with Gasteiger partial charge in [-0.1, -0.05) is 11.6 Å². The molecule has 1 aliphatic heterocycles. The van der Waals surface area contributed by atoms with Gasteiger partial charge in [0.2, 0.25) is 0 Å². The van der Waals surface area contributed by atoms with E-state index in [2.05, 4.69) is 4.57 Å². The van der Waals surface area contributed by atoms with Crippen molar-refractivity contribution < 1.29 is 9.59 Å². The third-order valence-electron chi connectivity index (χ3n) is 3.98. The molecule has 2 heterocycles. The number of hydrogen-bond donors (Lipinski definition) is 0. The summed E-state index contributed by atoms with van der Waals surface area (Å²) in [6.45, 7) is 3.99. The first-order chi connectivity index (χ1) is 10.9. The van der Waals surface area contributed by atoms with Gasteiger partial charge < -0.3 is 4.57 Å². The zero-order chi connectivity index (χ0) is 16.7. The van der Waals surface area contributed by atoms with E-state index in [-0.39, 0.29) is 11.1 Å². The average molecular weight is 347 g/mol. The number of aromatic nitrogens is 1. The number of halogens is 1. The van der Waals surface area contributed by atoms with Crippen molar-refractivity contribution in [2.75, 3.05) is 4.90 Å². The second-order valence-corrected chi connectivity index (χ2v) is 6.81. The van der Waals surface area contributed by atoms with E-state index in [0.29, 0.717) is 15.6 Å². The summed E-state index contributed by atoms with van der Waals surface area (Å²) in [6.07, 6.45) is 1.78. The topological polar surface area (TPSA) is 42.3 Å². The van der Waals surface area contributed by atoms with Gasteiger partial charge in [0.15, 0.2) is 0 Å². The summed E-state index contributed by atoms with van der Waals surface area (Å²) in [7, 11) is 1.97. The van der Waals surface area contributed by atoms with Gasteiger partial charge in [-0.05, 0) is 67.6 Å². The van der Waals surface area contributed by atoms with Crippen molar-refractivity contribution >= 4 is 46.3 Å². The van der Waals surface area contributed by atoms with Crippen molar-refractivity contribution in [2.45, 2.75) is 13.8 Å². The van der Waals surface area contributed by atoms with Gasteiger partial charge >= 0.3 is 0 Å². The van der Waals surface area contributed by atoms with Gasteiger partial charge in [0.1, 0.15) is 0 Å². The minimum atomic E-state index is -0.303. The predicted molar refractivity (Wildman–Crippen MR) is 94.8 cm³/mol. The Kier molecular flexibility index (Phi) is 4.08. The molecule has 0 atom stereocenters. The van der Waals surface area contributed by atoms with Crippen molar-refractivity contribution in [1.82, 2.24) is 4.57 Å². The van der Waals surface area contributed by atoms with E-state index in [4.69, 9.17) is 11.6 Å². The molecule has 118 valence electrons. The summed E-state index contributed by atoms with van der Waals surface area (Å²) >= 11 is 6.81. The van der Waals surface area contributed by atoms with E-state index < -0.39 is 0 Å². The highest BCUT2D eigenvalue weighted by Gasteiger charge is 2.36. The van der Waals surface area contributed by atoms with Crippen LogP contribution in [0.3, 0.4) is 0 Å². The van der Waals surface area contributed by atoms with Gasteiger partial charge in [-0.15, -0.1) is 0 Å². The van der Waals surface area contributed by atoms with Crippen LogP contribution in [0.25, 0.3) is 6.08 Å². The zero-order valence-electron chi connectivity index (χ0n) is 13.0. The van der Waals surface area contributed by atoms with E-state index in [1.807, 2.05) is 27.0 Å². The Morgan fingerprint density at radius 3 is 2.35 bits per heavy atom. The maximum atomic E-state index is 12.6. The van der Waals surface area contributed by atoms with Crippen LogP contribution in [0.1, 0.15) is 17.0 Å². The molecule has 0 radical (unpaired) electrons. The molecule has 1 aromatic carbocycles. The predicted octanol–water partition coefficient (Wildman–Crippen LogP) is 4.54. The molecule has 6 heteroatoms. The molecular formula is C17H15ClN2O2S. The lowest BCUT2D eigenvalue weighted by Crippen LogP contribution is -2.27. The SMILES string of the molecule is Cc1cc(/C=C2\SC(=O)N(c3ccc(Cl)cc3)C2=O)c(C)n1C. The number of carbonyl (C=O) groups excluding carboxylic acids is 2. The van der Waals surface area contributed by atoms with E-state index >= 15 is 0 Å². The van der Waals surface area contributed by atoms with Crippen molar-refractivity contribution in [3.05, 3.63) is 57.2 Å². The maximum absolute atomic E-state index is 12.6. The molecule has 2 aromatic rings. The molecule has 1 aliphatic rings. The van der Waals surface area contributed by atoms with Crippen LogP contribution < -0.4 is 4.90 Å². The Morgan fingerprint density at radius 2 is 1.78 bits per heavy atom. The molecule has 3 rings (SSSR count). The molecule has 4 nitrogen and oxygen atoms in total. The molecule has 0 spiro atoms. The summed E-state index contributed by atoms with van der Waals surface area (Å²) < 4.78 is 2.05. The van der Waals surface area contributed by atoms with E-state index in [1.165, 1.54) is 4.90 Å². The second-order valence-electron chi connectivity index (χ2n) is 5.38. The number of hydrogen-bond acceptors (Lipinski definition) is 3. The Morgan fingerprint density at radius 1 is 1.13 bits per heavy atom. The average Bonchev–Trinajstić information content (AvgIpc) is 2.92. The number of rotatable bonds is 2. The van der Waals surface area contributed by atoms with E-state index in [0.717, 1.165) is 28.7 Å². The molecule has 1 aromatic heterocycles. The van der Waals surface area contributed by atoms with Crippen LogP contribution in [0.15, 0.2) is 35.2 Å². The van der Waals surface area contributed by atoms with E-state index in [1.54, 1.807) is 30.3 Å². The summed E-state index contributed by atoms with van der Waals surface area (Å²) in [6, 6.07) is 8.66. The number of imide groups is 1. The number of thioether (sulfide) groups is 1. The molecule has 0 N–H and O–H groups in total. The van der Waals surface area contributed by atoms with Gasteiger partial charge in [-0.25, -0.2) is 4.90 Å². The third-order valence-corrected chi connectivity index (χ3v) is 5.10. The molecule has 0 saturated carbocycles. The lowest BCUT2D eigenvalue weighted by molar-refractivity contribution is -0.113. The molecule has 23 heavy (non-hydrogen) atoms. The molecule has 2 amide bonds. The minimum absolute atomic E-state index is 0.297. The van der Waals surface area contributed by atoms with Crippen LogP contribution in [0.4, 0.5) is 10.5 Å². The van der Waals surface area contributed by atoms with Crippen LogP contribution >= 0.6 is 23.4 Å². The Labute approximate surface area is 143 Å². The Bertz CT molecular complexity index is 837. The number of carbonyl (C=O) groups is 2. The van der Waals surface area contributed by atoms with Gasteiger partial charge in [-0.2, -0.15) is 0 Å². The molecule has 0 aliphatic carbocycles. The van der Waals surface area contributed by atoms with Crippen molar-refractivity contribution in [3.8, 4) is 0 Å². The largest absolute Gasteiger partial charge is 0.352 e. The van der Waals surface area contributed by atoms with Crippen LogP contribution in [-0.2, 0) is 11.8 Å².